The molecule has 0 radical (unpaired) electrons. The third-order valence-electron chi connectivity index (χ3n) is 8.54. The van der Waals surface area contributed by atoms with Gasteiger partial charge in [-0.1, -0.05) is 68.6 Å². The molecule has 0 bridgehead atoms. The van der Waals surface area contributed by atoms with Crippen molar-refractivity contribution in [1.29, 1.82) is 0 Å². The molecule has 0 spiro atoms. The fourth-order valence-electron chi connectivity index (χ4n) is 6.66. The SMILES string of the molecule is Cc1ccc(NC(=O)COc2c(Cl)cc(C3C4=C(CC(C)(C)CC4=O)N(C)C4=C3C(=O)CC(C)(C)C4)cc2Cl)c(C)c1. The number of carbonyl (C=O) groups is 3. The molecule has 1 N–H and O–H groups in total. The van der Waals surface area contributed by atoms with Gasteiger partial charge in [0.1, 0.15) is 0 Å². The molecule has 6 nitrogen and oxygen atoms in total. The molecule has 5 rings (SSSR count). The molecule has 42 heavy (non-hydrogen) atoms. The largest absolute Gasteiger partial charge is 0.481 e. The smallest absolute Gasteiger partial charge is 0.262 e. The molecular weight excluding hydrogens is 571 g/mol. The van der Waals surface area contributed by atoms with E-state index in [1.54, 1.807) is 12.1 Å². The van der Waals surface area contributed by atoms with Crippen LogP contribution in [0.1, 0.15) is 76.0 Å². The number of ketones is 2. The normalized spacial score (nSPS) is 20.0. The summed E-state index contributed by atoms with van der Waals surface area (Å²) in [5.74, 6) is -0.642. The monoisotopic (exact) mass is 608 g/mol. The van der Waals surface area contributed by atoms with Gasteiger partial charge in [0.05, 0.1) is 10.0 Å². The Morgan fingerprint density at radius 3 is 1.93 bits per heavy atom. The number of allylic oxidation sites excluding steroid dienone is 4. The van der Waals surface area contributed by atoms with E-state index in [0.29, 0.717) is 35.2 Å². The average Bonchev–Trinajstić information content (AvgIpc) is 2.85. The lowest BCUT2D eigenvalue weighted by molar-refractivity contribution is -0.120. The molecule has 1 heterocycles. The van der Waals surface area contributed by atoms with Crippen molar-refractivity contribution in [3.8, 4) is 5.75 Å². The Morgan fingerprint density at radius 1 is 0.905 bits per heavy atom. The van der Waals surface area contributed by atoms with E-state index in [-0.39, 0.29) is 50.7 Å². The number of nitrogens with zero attached hydrogens (tertiary/aromatic N) is 1. The van der Waals surface area contributed by atoms with E-state index in [0.717, 1.165) is 35.4 Å². The molecule has 3 aliphatic rings. The number of amides is 1. The lowest BCUT2D eigenvalue weighted by Crippen LogP contribution is -2.43. The minimum atomic E-state index is -0.560. The first-order valence-corrected chi connectivity index (χ1v) is 15.1. The molecule has 0 aromatic heterocycles. The van der Waals surface area contributed by atoms with Gasteiger partial charge in [-0.05, 0) is 66.8 Å². The lowest BCUT2D eigenvalue weighted by Gasteiger charge is -2.48. The van der Waals surface area contributed by atoms with Crippen LogP contribution in [0, 0.1) is 24.7 Å². The summed E-state index contributed by atoms with van der Waals surface area (Å²) in [6.45, 7) is 12.1. The Bertz CT molecular complexity index is 1510. The van der Waals surface area contributed by atoms with Crippen LogP contribution in [0.25, 0.3) is 0 Å². The topological polar surface area (TPSA) is 75.7 Å². The van der Waals surface area contributed by atoms with Crippen LogP contribution in [0.3, 0.4) is 0 Å². The number of rotatable bonds is 5. The molecule has 8 heteroatoms. The Kier molecular flexibility index (Phi) is 7.86. The van der Waals surface area contributed by atoms with Gasteiger partial charge in [-0.15, -0.1) is 0 Å². The van der Waals surface area contributed by atoms with Gasteiger partial charge in [-0.3, -0.25) is 14.4 Å². The van der Waals surface area contributed by atoms with E-state index < -0.39 is 5.92 Å². The van der Waals surface area contributed by atoms with Crippen LogP contribution in [-0.2, 0) is 14.4 Å². The third kappa shape index (κ3) is 5.76. The second-order valence-electron chi connectivity index (χ2n) is 13.6. The second-order valence-corrected chi connectivity index (χ2v) is 14.4. The fraction of sp³-hybridized carbons (Fsp3) is 0.441. The van der Waals surface area contributed by atoms with Crippen molar-refractivity contribution < 1.29 is 19.1 Å². The zero-order chi connectivity index (χ0) is 30.7. The van der Waals surface area contributed by atoms with Crippen molar-refractivity contribution in [2.75, 3.05) is 19.0 Å². The van der Waals surface area contributed by atoms with E-state index in [1.807, 2.05) is 39.1 Å². The van der Waals surface area contributed by atoms with Crippen LogP contribution in [0.4, 0.5) is 5.69 Å². The van der Waals surface area contributed by atoms with Gasteiger partial charge < -0.3 is 15.0 Å². The zero-order valence-corrected chi connectivity index (χ0v) is 26.8. The lowest BCUT2D eigenvalue weighted by atomic mass is 9.64. The molecule has 2 aromatic carbocycles. The summed E-state index contributed by atoms with van der Waals surface area (Å²) in [4.78, 5) is 42.2. The molecule has 0 saturated carbocycles. The Hall–Kier alpha value is -3.09. The molecule has 0 fully saturated rings. The third-order valence-corrected chi connectivity index (χ3v) is 9.10. The fourth-order valence-corrected chi connectivity index (χ4v) is 7.27. The number of hydrogen-bond donors (Lipinski definition) is 1. The van der Waals surface area contributed by atoms with Crippen molar-refractivity contribution in [3.05, 3.63) is 79.6 Å². The zero-order valence-electron chi connectivity index (χ0n) is 25.3. The minimum Gasteiger partial charge on any atom is -0.481 e. The van der Waals surface area contributed by atoms with Gasteiger partial charge in [0.2, 0.25) is 0 Å². The molecule has 0 saturated heterocycles. The molecule has 2 aliphatic carbocycles. The van der Waals surface area contributed by atoms with Gasteiger partial charge in [0.15, 0.2) is 23.9 Å². The number of aryl methyl sites for hydroxylation is 2. The highest BCUT2D eigenvalue weighted by Gasteiger charge is 2.48. The maximum absolute atomic E-state index is 13.7. The Balaban J connectivity index is 1.49. The van der Waals surface area contributed by atoms with Crippen LogP contribution in [0.15, 0.2) is 52.9 Å². The van der Waals surface area contributed by atoms with Crippen LogP contribution < -0.4 is 10.1 Å². The molecule has 222 valence electrons. The molecule has 1 amide bonds. The van der Waals surface area contributed by atoms with Gasteiger partial charge in [-0.2, -0.15) is 0 Å². The highest BCUT2D eigenvalue weighted by Crippen LogP contribution is 2.54. The Morgan fingerprint density at radius 2 is 1.43 bits per heavy atom. The number of benzene rings is 2. The summed E-state index contributed by atoms with van der Waals surface area (Å²) in [6, 6.07) is 9.21. The van der Waals surface area contributed by atoms with Crippen LogP contribution in [0.2, 0.25) is 10.0 Å². The number of carbonyl (C=O) groups excluding carboxylic acids is 3. The maximum atomic E-state index is 13.7. The van der Waals surface area contributed by atoms with Crippen LogP contribution in [-0.4, -0.2) is 36.0 Å². The van der Waals surface area contributed by atoms with Crippen molar-refractivity contribution in [2.45, 2.75) is 73.1 Å². The van der Waals surface area contributed by atoms with E-state index in [9.17, 15) is 14.4 Å². The highest BCUT2D eigenvalue weighted by molar-refractivity contribution is 6.37. The summed E-state index contributed by atoms with van der Waals surface area (Å²) in [7, 11) is 1.98. The van der Waals surface area contributed by atoms with E-state index in [4.69, 9.17) is 27.9 Å². The van der Waals surface area contributed by atoms with Gasteiger partial charge >= 0.3 is 0 Å². The summed E-state index contributed by atoms with van der Waals surface area (Å²) in [5.41, 5.74) is 6.27. The van der Waals surface area contributed by atoms with Gasteiger partial charge in [-0.25, -0.2) is 0 Å². The molecular formula is C34H38Cl2N2O4. The number of Topliss-reactive ketones (excluding diaryl/α,β-unsaturated/α-hetero) is 2. The summed E-state index contributed by atoms with van der Waals surface area (Å²) >= 11 is 13.5. The number of anilines is 1. The summed E-state index contributed by atoms with van der Waals surface area (Å²) in [6.07, 6.45) is 2.25. The van der Waals surface area contributed by atoms with Crippen LogP contribution >= 0.6 is 23.2 Å². The summed E-state index contributed by atoms with van der Waals surface area (Å²) in [5, 5.41) is 3.29. The standard InChI is InChI=1S/C34H38Cl2N2O4/c1-18-8-9-23(19(2)10-18)37-28(41)17-42-32-21(35)11-20(12-22(32)36)29-30-24(13-33(3,4)15-26(30)39)38(7)25-14-34(5,6)16-27(40)31(25)29/h8-12,29H,13-17H2,1-7H3,(H,37,41). The van der Waals surface area contributed by atoms with Crippen molar-refractivity contribution in [1.82, 2.24) is 4.90 Å². The number of hydrogen-bond acceptors (Lipinski definition) is 5. The molecule has 0 atom stereocenters. The first-order chi connectivity index (χ1) is 19.6. The van der Waals surface area contributed by atoms with E-state index >= 15 is 0 Å². The summed E-state index contributed by atoms with van der Waals surface area (Å²) < 4.78 is 5.79. The maximum Gasteiger partial charge on any atom is 0.262 e. The first kappa shape index (κ1) is 30.4. The molecule has 0 unspecified atom stereocenters. The van der Waals surface area contributed by atoms with Gasteiger partial charge in [0, 0.05) is 54.0 Å². The van der Waals surface area contributed by atoms with Crippen molar-refractivity contribution in [3.63, 3.8) is 0 Å². The van der Waals surface area contributed by atoms with Gasteiger partial charge in [0.25, 0.3) is 5.91 Å². The molecule has 1 aliphatic heterocycles. The highest BCUT2D eigenvalue weighted by atomic mass is 35.5. The number of nitrogens with one attached hydrogen (secondary N) is 1. The average molecular weight is 610 g/mol. The predicted molar refractivity (Wildman–Crippen MR) is 167 cm³/mol. The number of halogens is 2. The van der Waals surface area contributed by atoms with E-state index in [2.05, 4.69) is 37.9 Å². The predicted octanol–water partition coefficient (Wildman–Crippen LogP) is 7.94. The van der Waals surface area contributed by atoms with Crippen molar-refractivity contribution >= 4 is 46.4 Å². The van der Waals surface area contributed by atoms with Crippen molar-refractivity contribution in [2.24, 2.45) is 10.8 Å². The number of ether oxygens (including phenoxy) is 1. The molecule has 2 aromatic rings. The van der Waals surface area contributed by atoms with E-state index in [1.165, 1.54) is 0 Å². The second kappa shape index (κ2) is 10.9. The quantitative estimate of drug-likeness (QED) is 0.373. The minimum absolute atomic E-state index is 0.0397. The first-order valence-electron chi connectivity index (χ1n) is 14.3. The van der Waals surface area contributed by atoms with Crippen LogP contribution in [0.5, 0.6) is 5.75 Å². The Labute approximate surface area is 258 Å².